The Balaban J connectivity index is 1.79. The zero-order valence-electron chi connectivity index (χ0n) is 16.8. The summed E-state index contributed by atoms with van der Waals surface area (Å²) < 4.78 is 2.10. The van der Waals surface area contributed by atoms with Gasteiger partial charge in [0.05, 0.1) is 11.0 Å². The summed E-state index contributed by atoms with van der Waals surface area (Å²) in [6.45, 7) is 6.67. The first-order chi connectivity index (χ1) is 14.0. The van der Waals surface area contributed by atoms with Crippen LogP contribution in [-0.4, -0.2) is 19.5 Å². The fourth-order valence-electron chi connectivity index (χ4n) is 3.59. The molecule has 0 aliphatic rings. The van der Waals surface area contributed by atoms with Gasteiger partial charge in [-0.1, -0.05) is 75.4 Å². The molecule has 0 unspecified atom stereocenters. The van der Waals surface area contributed by atoms with E-state index in [1.54, 1.807) is 0 Å². The number of rotatable bonds is 2. The molecule has 29 heavy (non-hydrogen) atoms. The van der Waals surface area contributed by atoms with Crippen LogP contribution < -0.4 is 0 Å². The number of hydrogen-bond acceptors (Lipinski definition) is 3. The van der Waals surface area contributed by atoms with E-state index in [9.17, 15) is 0 Å². The van der Waals surface area contributed by atoms with E-state index in [2.05, 4.69) is 61.7 Å². The lowest BCUT2D eigenvalue weighted by molar-refractivity contribution is 0.590. The lowest BCUT2D eigenvalue weighted by Gasteiger charge is -2.19. The lowest BCUT2D eigenvalue weighted by atomic mass is 9.87. The van der Waals surface area contributed by atoms with Crippen LogP contribution in [0.15, 0.2) is 78.9 Å². The minimum atomic E-state index is 0.110. The minimum absolute atomic E-state index is 0.110. The molecule has 0 aliphatic carbocycles. The summed E-state index contributed by atoms with van der Waals surface area (Å²) in [7, 11) is 0. The Kier molecular flexibility index (Phi) is 3.95. The standard InChI is InChI=1S/C25H22N4/c1-25(2,3)18-15-13-17(14-16-18)23-28-22-24(29(23)19-9-5-4-6-10-19)27-21-12-8-7-11-20(21)26-22/h4-16H,1-3H3. The van der Waals surface area contributed by atoms with E-state index in [1.807, 2.05) is 42.5 Å². The topological polar surface area (TPSA) is 43.6 Å². The molecular formula is C25H22N4. The molecule has 0 aliphatic heterocycles. The number of hydrogen-bond donors (Lipinski definition) is 0. The molecule has 0 saturated heterocycles. The highest BCUT2D eigenvalue weighted by Gasteiger charge is 2.19. The average molecular weight is 378 g/mol. The Morgan fingerprint density at radius 2 is 1.28 bits per heavy atom. The highest BCUT2D eigenvalue weighted by molar-refractivity contribution is 5.86. The van der Waals surface area contributed by atoms with Crippen LogP contribution in [0.4, 0.5) is 0 Å². The van der Waals surface area contributed by atoms with Gasteiger partial charge in [0.15, 0.2) is 11.3 Å². The van der Waals surface area contributed by atoms with Gasteiger partial charge in [-0.3, -0.25) is 4.57 Å². The average Bonchev–Trinajstić information content (AvgIpc) is 3.10. The van der Waals surface area contributed by atoms with E-state index in [0.717, 1.165) is 33.8 Å². The molecule has 2 aromatic heterocycles. The molecule has 0 saturated carbocycles. The van der Waals surface area contributed by atoms with Crippen LogP contribution in [0.5, 0.6) is 0 Å². The Bertz CT molecular complexity index is 1310. The summed E-state index contributed by atoms with van der Waals surface area (Å²) in [6, 6.07) is 26.8. The van der Waals surface area contributed by atoms with Crippen LogP contribution >= 0.6 is 0 Å². The van der Waals surface area contributed by atoms with Gasteiger partial charge in [-0.05, 0) is 35.2 Å². The molecule has 3 aromatic carbocycles. The monoisotopic (exact) mass is 378 g/mol. The fourth-order valence-corrected chi connectivity index (χ4v) is 3.59. The molecular weight excluding hydrogens is 356 g/mol. The first-order valence-electron chi connectivity index (χ1n) is 9.82. The highest BCUT2D eigenvalue weighted by Crippen LogP contribution is 2.30. The van der Waals surface area contributed by atoms with E-state index in [4.69, 9.17) is 15.0 Å². The van der Waals surface area contributed by atoms with Gasteiger partial charge in [-0.25, -0.2) is 15.0 Å². The zero-order valence-corrected chi connectivity index (χ0v) is 16.8. The first kappa shape index (κ1) is 17.6. The Morgan fingerprint density at radius 1 is 0.655 bits per heavy atom. The van der Waals surface area contributed by atoms with E-state index in [-0.39, 0.29) is 5.41 Å². The van der Waals surface area contributed by atoms with Gasteiger partial charge in [0.25, 0.3) is 0 Å². The SMILES string of the molecule is CC(C)(C)c1ccc(-c2nc3nc4ccccc4nc3n2-c2ccccc2)cc1. The second kappa shape index (κ2) is 6.52. The quantitative estimate of drug-likeness (QED) is 0.382. The van der Waals surface area contributed by atoms with Gasteiger partial charge in [0, 0.05) is 11.3 Å². The van der Waals surface area contributed by atoms with Crippen LogP contribution in [0.2, 0.25) is 0 Å². The third kappa shape index (κ3) is 3.07. The molecule has 0 N–H and O–H groups in total. The maximum absolute atomic E-state index is 4.89. The molecule has 0 atom stereocenters. The molecule has 0 spiro atoms. The van der Waals surface area contributed by atoms with Crippen molar-refractivity contribution in [3.8, 4) is 17.1 Å². The molecule has 4 heteroatoms. The normalized spacial score (nSPS) is 12.0. The van der Waals surface area contributed by atoms with Crippen molar-refractivity contribution in [1.82, 2.24) is 19.5 Å². The van der Waals surface area contributed by atoms with E-state index in [0.29, 0.717) is 5.65 Å². The van der Waals surface area contributed by atoms with Gasteiger partial charge in [0.2, 0.25) is 0 Å². The Labute approximate surface area is 169 Å². The summed E-state index contributed by atoms with van der Waals surface area (Å²) in [5.74, 6) is 0.849. The number of para-hydroxylation sites is 3. The molecule has 0 amide bonds. The highest BCUT2D eigenvalue weighted by atomic mass is 15.2. The smallest absolute Gasteiger partial charge is 0.199 e. The van der Waals surface area contributed by atoms with Crippen molar-refractivity contribution in [2.75, 3.05) is 0 Å². The summed E-state index contributed by atoms with van der Waals surface area (Å²) in [5.41, 5.74) is 6.62. The van der Waals surface area contributed by atoms with Crippen molar-refractivity contribution in [2.45, 2.75) is 26.2 Å². The van der Waals surface area contributed by atoms with Gasteiger partial charge < -0.3 is 0 Å². The van der Waals surface area contributed by atoms with Crippen molar-refractivity contribution < 1.29 is 0 Å². The van der Waals surface area contributed by atoms with Gasteiger partial charge in [0.1, 0.15) is 5.82 Å². The molecule has 0 bridgehead atoms. The number of nitrogens with zero attached hydrogens (tertiary/aromatic N) is 4. The molecule has 0 radical (unpaired) electrons. The van der Waals surface area contributed by atoms with Crippen molar-refractivity contribution in [1.29, 1.82) is 0 Å². The van der Waals surface area contributed by atoms with Crippen LogP contribution in [0, 0.1) is 0 Å². The third-order valence-electron chi connectivity index (χ3n) is 5.19. The predicted octanol–water partition coefficient (Wildman–Crippen LogP) is 5.93. The maximum atomic E-state index is 4.89. The summed E-state index contributed by atoms with van der Waals surface area (Å²) in [4.78, 5) is 14.6. The van der Waals surface area contributed by atoms with Crippen molar-refractivity contribution in [3.63, 3.8) is 0 Å². The van der Waals surface area contributed by atoms with E-state index >= 15 is 0 Å². The molecule has 5 rings (SSSR count). The zero-order chi connectivity index (χ0) is 20.0. The van der Waals surface area contributed by atoms with Crippen molar-refractivity contribution in [3.05, 3.63) is 84.4 Å². The van der Waals surface area contributed by atoms with Crippen molar-refractivity contribution in [2.24, 2.45) is 0 Å². The molecule has 4 nitrogen and oxygen atoms in total. The van der Waals surface area contributed by atoms with Crippen LogP contribution in [0.3, 0.4) is 0 Å². The lowest BCUT2D eigenvalue weighted by Crippen LogP contribution is -2.10. The van der Waals surface area contributed by atoms with Gasteiger partial charge in [-0.2, -0.15) is 0 Å². The molecule has 2 heterocycles. The number of fused-ring (bicyclic) bond motifs is 2. The number of imidazole rings is 1. The van der Waals surface area contributed by atoms with Crippen LogP contribution in [-0.2, 0) is 5.41 Å². The Hall–Kier alpha value is -3.53. The summed E-state index contributed by atoms with van der Waals surface area (Å²) in [5, 5.41) is 0. The van der Waals surface area contributed by atoms with Crippen LogP contribution in [0.1, 0.15) is 26.3 Å². The van der Waals surface area contributed by atoms with E-state index in [1.165, 1.54) is 5.56 Å². The number of aromatic nitrogens is 4. The van der Waals surface area contributed by atoms with Crippen molar-refractivity contribution >= 4 is 22.3 Å². The predicted molar refractivity (Wildman–Crippen MR) is 118 cm³/mol. The Morgan fingerprint density at radius 3 is 1.93 bits per heavy atom. The second-order valence-corrected chi connectivity index (χ2v) is 8.29. The molecule has 142 valence electrons. The van der Waals surface area contributed by atoms with Gasteiger partial charge >= 0.3 is 0 Å². The first-order valence-corrected chi connectivity index (χ1v) is 9.82. The number of benzene rings is 3. The third-order valence-corrected chi connectivity index (χ3v) is 5.19. The fraction of sp³-hybridized carbons (Fsp3) is 0.160. The minimum Gasteiger partial charge on any atom is -0.275 e. The van der Waals surface area contributed by atoms with Gasteiger partial charge in [-0.15, -0.1) is 0 Å². The maximum Gasteiger partial charge on any atom is 0.199 e. The summed E-state index contributed by atoms with van der Waals surface area (Å²) in [6.07, 6.45) is 0. The van der Waals surface area contributed by atoms with Crippen LogP contribution in [0.25, 0.3) is 39.4 Å². The van der Waals surface area contributed by atoms with E-state index < -0.39 is 0 Å². The largest absolute Gasteiger partial charge is 0.275 e. The molecule has 5 aromatic rings. The second-order valence-electron chi connectivity index (χ2n) is 8.29. The summed E-state index contributed by atoms with van der Waals surface area (Å²) >= 11 is 0. The molecule has 0 fully saturated rings.